The SMILES string of the molecule is C=C(c1ccc(OC)c(OC(=O)Cc2cccc3c(=O)c4ccc(C)c(C)c4oc23)c1)c1cc(OC)c(OC)c(OC)c1. The number of fused-ring (bicyclic) bond motifs is 2. The van der Waals surface area contributed by atoms with Crippen LogP contribution in [0.4, 0.5) is 0 Å². The third-order valence-corrected chi connectivity index (χ3v) is 7.55. The van der Waals surface area contributed by atoms with E-state index in [0.717, 1.165) is 16.7 Å². The summed E-state index contributed by atoms with van der Waals surface area (Å²) in [6.07, 6.45) is -0.127. The van der Waals surface area contributed by atoms with Crippen LogP contribution in [0.3, 0.4) is 0 Å². The van der Waals surface area contributed by atoms with Gasteiger partial charge in [0.2, 0.25) is 11.2 Å². The molecule has 0 saturated heterocycles. The number of hydrogen-bond donors (Lipinski definition) is 0. The van der Waals surface area contributed by atoms with Crippen molar-refractivity contribution in [3.05, 3.63) is 105 Å². The molecule has 0 fully saturated rings. The van der Waals surface area contributed by atoms with Crippen molar-refractivity contribution < 1.29 is 32.9 Å². The molecular weight excluding hydrogens is 548 g/mol. The van der Waals surface area contributed by atoms with Crippen molar-refractivity contribution in [2.24, 2.45) is 0 Å². The number of benzene rings is 4. The van der Waals surface area contributed by atoms with Crippen LogP contribution >= 0.6 is 0 Å². The third-order valence-electron chi connectivity index (χ3n) is 7.55. The molecule has 0 N–H and O–H groups in total. The Kier molecular flexibility index (Phi) is 8.12. The Bertz CT molecular complexity index is 1930. The molecule has 0 aliphatic rings. The van der Waals surface area contributed by atoms with Gasteiger partial charge < -0.3 is 28.1 Å². The van der Waals surface area contributed by atoms with Gasteiger partial charge in [-0.3, -0.25) is 9.59 Å². The van der Waals surface area contributed by atoms with E-state index in [2.05, 4.69) is 6.58 Å². The van der Waals surface area contributed by atoms with Crippen molar-refractivity contribution in [3.63, 3.8) is 0 Å². The van der Waals surface area contributed by atoms with E-state index in [-0.39, 0.29) is 17.6 Å². The lowest BCUT2D eigenvalue weighted by Crippen LogP contribution is -2.13. The Morgan fingerprint density at radius 3 is 2.05 bits per heavy atom. The first-order chi connectivity index (χ1) is 20.7. The summed E-state index contributed by atoms with van der Waals surface area (Å²) >= 11 is 0. The first-order valence-electron chi connectivity index (χ1n) is 13.5. The van der Waals surface area contributed by atoms with Gasteiger partial charge in [-0.15, -0.1) is 0 Å². The molecule has 8 nitrogen and oxygen atoms in total. The number of ether oxygens (including phenoxy) is 5. The van der Waals surface area contributed by atoms with Crippen molar-refractivity contribution in [1.82, 2.24) is 0 Å². The van der Waals surface area contributed by atoms with Crippen LogP contribution in [0.25, 0.3) is 27.5 Å². The van der Waals surface area contributed by atoms with Gasteiger partial charge in [-0.25, -0.2) is 0 Å². The fraction of sp³-hybridized carbons (Fsp3) is 0.200. The molecule has 8 heteroatoms. The average Bonchev–Trinajstić information content (AvgIpc) is 3.02. The summed E-state index contributed by atoms with van der Waals surface area (Å²) in [5.41, 5.74) is 5.20. The van der Waals surface area contributed by atoms with Gasteiger partial charge in [0.15, 0.2) is 23.0 Å². The highest BCUT2D eigenvalue weighted by Gasteiger charge is 2.19. The molecule has 0 saturated carbocycles. The summed E-state index contributed by atoms with van der Waals surface area (Å²) in [6, 6.07) is 17.7. The van der Waals surface area contributed by atoms with Crippen LogP contribution in [0.15, 0.2) is 76.5 Å². The molecule has 0 radical (unpaired) electrons. The molecule has 0 bridgehead atoms. The van der Waals surface area contributed by atoms with E-state index in [4.69, 9.17) is 28.1 Å². The highest BCUT2D eigenvalue weighted by molar-refractivity contribution is 5.94. The second-order valence-corrected chi connectivity index (χ2v) is 10.0. The minimum Gasteiger partial charge on any atom is -0.493 e. The molecule has 1 aromatic heterocycles. The lowest BCUT2D eigenvalue weighted by molar-refractivity contribution is -0.133. The van der Waals surface area contributed by atoms with Gasteiger partial charge in [-0.05, 0) is 78.1 Å². The van der Waals surface area contributed by atoms with Gasteiger partial charge >= 0.3 is 5.97 Å². The number of para-hydroxylation sites is 1. The van der Waals surface area contributed by atoms with Crippen LogP contribution < -0.4 is 29.1 Å². The normalized spacial score (nSPS) is 10.9. The van der Waals surface area contributed by atoms with Crippen LogP contribution in [-0.2, 0) is 11.2 Å². The zero-order valence-corrected chi connectivity index (χ0v) is 25.0. The monoisotopic (exact) mass is 580 g/mol. The smallest absolute Gasteiger partial charge is 0.315 e. The van der Waals surface area contributed by atoms with Gasteiger partial charge in [-0.1, -0.05) is 30.8 Å². The van der Waals surface area contributed by atoms with Gasteiger partial charge in [0, 0.05) is 5.56 Å². The Labute approximate surface area is 249 Å². The number of rotatable bonds is 9. The largest absolute Gasteiger partial charge is 0.493 e. The molecule has 0 spiro atoms. The van der Waals surface area contributed by atoms with Crippen LogP contribution in [0.1, 0.15) is 27.8 Å². The molecule has 4 aromatic carbocycles. The number of aryl methyl sites for hydroxylation is 2. The molecule has 5 rings (SSSR count). The topological polar surface area (TPSA) is 93.4 Å². The molecule has 220 valence electrons. The zero-order chi connectivity index (χ0) is 30.8. The number of methoxy groups -OCH3 is 4. The minimum atomic E-state index is -0.551. The zero-order valence-electron chi connectivity index (χ0n) is 25.0. The average molecular weight is 581 g/mol. The quantitative estimate of drug-likeness (QED) is 0.107. The van der Waals surface area contributed by atoms with Crippen LogP contribution in [-0.4, -0.2) is 34.4 Å². The maximum atomic E-state index is 13.3. The van der Waals surface area contributed by atoms with E-state index in [0.29, 0.717) is 61.6 Å². The maximum absolute atomic E-state index is 13.3. The molecule has 0 aliphatic heterocycles. The first-order valence-corrected chi connectivity index (χ1v) is 13.5. The number of carbonyl (C=O) groups excluding carboxylic acids is 1. The second-order valence-electron chi connectivity index (χ2n) is 10.0. The lowest BCUT2D eigenvalue weighted by atomic mass is 9.98. The lowest BCUT2D eigenvalue weighted by Gasteiger charge is -2.16. The van der Waals surface area contributed by atoms with Crippen molar-refractivity contribution in [2.75, 3.05) is 28.4 Å². The van der Waals surface area contributed by atoms with Crippen LogP contribution in [0.2, 0.25) is 0 Å². The van der Waals surface area contributed by atoms with E-state index >= 15 is 0 Å². The summed E-state index contributed by atoms with van der Waals surface area (Å²) in [6.45, 7) is 8.12. The predicted molar refractivity (Wildman–Crippen MR) is 166 cm³/mol. The van der Waals surface area contributed by atoms with E-state index in [9.17, 15) is 9.59 Å². The highest BCUT2D eigenvalue weighted by Crippen LogP contribution is 2.41. The molecular formula is C35H32O8. The maximum Gasteiger partial charge on any atom is 0.315 e. The summed E-state index contributed by atoms with van der Waals surface area (Å²) in [5, 5.41) is 0.909. The summed E-state index contributed by atoms with van der Waals surface area (Å²) in [4.78, 5) is 26.6. The molecule has 0 unspecified atom stereocenters. The van der Waals surface area contributed by atoms with E-state index in [1.165, 1.54) is 14.2 Å². The Morgan fingerprint density at radius 2 is 1.40 bits per heavy atom. The van der Waals surface area contributed by atoms with Crippen LogP contribution in [0.5, 0.6) is 28.7 Å². The van der Waals surface area contributed by atoms with Crippen molar-refractivity contribution in [1.29, 1.82) is 0 Å². The Morgan fingerprint density at radius 1 is 0.744 bits per heavy atom. The second kappa shape index (κ2) is 11.9. The molecule has 0 aliphatic carbocycles. The van der Waals surface area contributed by atoms with Gasteiger partial charge in [0.25, 0.3) is 0 Å². The van der Waals surface area contributed by atoms with E-state index in [1.807, 2.05) is 26.0 Å². The Hall–Kier alpha value is -5.24. The highest BCUT2D eigenvalue weighted by atomic mass is 16.6. The van der Waals surface area contributed by atoms with Gasteiger partial charge in [-0.2, -0.15) is 0 Å². The van der Waals surface area contributed by atoms with Crippen molar-refractivity contribution in [2.45, 2.75) is 20.3 Å². The number of esters is 1. The Balaban J connectivity index is 1.47. The fourth-order valence-corrected chi connectivity index (χ4v) is 5.05. The molecule has 43 heavy (non-hydrogen) atoms. The summed E-state index contributed by atoms with van der Waals surface area (Å²) < 4.78 is 33.9. The first kappa shape index (κ1) is 29.3. The number of carbonyl (C=O) groups is 1. The molecule has 0 atom stereocenters. The van der Waals surface area contributed by atoms with Crippen molar-refractivity contribution in [3.8, 4) is 28.7 Å². The minimum absolute atomic E-state index is 0.127. The number of hydrogen-bond acceptors (Lipinski definition) is 8. The predicted octanol–water partition coefficient (Wildman–Crippen LogP) is 6.81. The van der Waals surface area contributed by atoms with E-state index < -0.39 is 5.97 Å². The summed E-state index contributed by atoms with van der Waals surface area (Å²) in [5.74, 6) is 1.48. The molecule has 5 aromatic rings. The third kappa shape index (κ3) is 5.39. The van der Waals surface area contributed by atoms with Crippen LogP contribution in [0, 0.1) is 13.8 Å². The van der Waals surface area contributed by atoms with Crippen molar-refractivity contribution >= 4 is 33.5 Å². The molecule has 1 heterocycles. The fourth-order valence-electron chi connectivity index (χ4n) is 5.05. The van der Waals surface area contributed by atoms with Gasteiger partial charge in [0.05, 0.1) is 45.6 Å². The molecule has 0 amide bonds. The van der Waals surface area contributed by atoms with E-state index in [1.54, 1.807) is 62.8 Å². The van der Waals surface area contributed by atoms with Gasteiger partial charge in [0.1, 0.15) is 11.2 Å². The standard InChI is InChI=1S/C35H32O8/c1-19-11-13-26-32(37)25-10-8-9-23(34(25)43-33(26)20(19)2)18-31(36)42-28-15-22(12-14-27(28)38-4)21(3)24-16-29(39-5)35(41-7)30(17-24)40-6/h8-17H,3,18H2,1-2,4-7H3. The summed E-state index contributed by atoms with van der Waals surface area (Å²) in [7, 11) is 6.12.